The first-order valence-electron chi connectivity index (χ1n) is 5.92. The van der Waals surface area contributed by atoms with Gasteiger partial charge in [0.25, 0.3) is 0 Å². The number of carbonyl (C=O) groups is 1. The molecule has 0 aromatic heterocycles. The Labute approximate surface area is 103 Å². The number of benzene rings is 1. The van der Waals surface area contributed by atoms with E-state index in [1.54, 1.807) is 11.9 Å². The van der Waals surface area contributed by atoms with Crippen LogP contribution in [0.3, 0.4) is 0 Å². The van der Waals surface area contributed by atoms with Gasteiger partial charge in [0.1, 0.15) is 0 Å². The first-order valence-corrected chi connectivity index (χ1v) is 5.92. The molecule has 3 nitrogen and oxygen atoms in total. The predicted octanol–water partition coefficient (Wildman–Crippen LogP) is 2.35. The van der Waals surface area contributed by atoms with Gasteiger partial charge in [-0.15, -0.1) is 0 Å². The van der Waals surface area contributed by atoms with Gasteiger partial charge in [-0.2, -0.15) is 0 Å². The molecule has 0 radical (unpaired) electrons. The van der Waals surface area contributed by atoms with Crippen LogP contribution in [0.25, 0.3) is 0 Å². The molecule has 0 spiro atoms. The van der Waals surface area contributed by atoms with Crippen molar-refractivity contribution in [1.29, 1.82) is 0 Å². The van der Waals surface area contributed by atoms with Crippen molar-refractivity contribution < 1.29 is 9.90 Å². The molecule has 1 amide bonds. The van der Waals surface area contributed by atoms with Crippen LogP contribution in [0.15, 0.2) is 12.1 Å². The fourth-order valence-electron chi connectivity index (χ4n) is 1.84. The van der Waals surface area contributed by atoms with Gasteiger partial charge < -0.3 is 10.0 Å². The Bertz CT molecular complexity index is 413. The third kappa shape index (κ3) is 3.30. The summed E-state index contributed by atoms with van der Waals surface area (Å²) < 4.78 is 0. The number of carbonyl (C=O) groups excluding carboxylic acids is 1. The maximum atomic E-state index is 11.9. The zero-order valence-corrected chi connectivity index (χ0v) is 11.1. The van der Waals surface area contributed by atoms with Gasteiger partial charge in [0, 0.05) is 25.8 Å². The van der Waals surface area contributed by atoms with E-state index in [1.807, 2.05) is 19.9 Å². The number of amides is 1. The van der Waals surface area contributed by atoms with Crippen molar-refractivity contribution in [3.8, 4) is 0 Å². The lowest BCUT2D eigenvalue weighted by Gasteiger charge is -2.21. The molecule has 0 saturated carbocycles. The Balaban J connectivity index is 2.92. The molecule has 17 heavy (non-hydrogen) atoms. The summed E-state index contributed by atoms with van der Waals surface area (Å²) in [6.45, 7) is 6.19. The lowest BCUT2D eigenvalue weighted by atomic mass is 10.0. The smallest absolute Gasteiger partial charge is 0.226 e. The molecule has 0 aliphatic rings. The van der Waals surface area contributed by atoms with Crippen LogP contribution in [0.2, 0.25) is 0 Å². The monoisotopic (exact) mass is 235 g/mol. The number of anilines is 1. The van der Waals surface area contributed by atoms with Gasteiger partial charge in [-0.1, -0.05) is 6.07 Å². The fraction of sp³-hybridized carbons (Fsp3) is 0.500. The van der Waals surface area contributed by atoms with Gasteiger partial charge in [0.15, 0.2) is 0 Å². The lowest BCUT2D eigenvalue weighted by Crippen LogP contribution is -2.27. The number of aliphatic hydroxyl groups is 1. The molecule has 1 aromatic rings. The standard InChI is InChI=1S/C14H21NO2/c1-10-8-12(3)13(9-11(10)2)15(4)14(17)6-5-7-16/h8-9,16H,5-7H2,1-4H3. The van der Waals surface area contributed by atoms with Crippen molar-refractivity contribution in [1.82, 2.24) is 0 Å². The largest absolute Gasteiger partial charge is 0.396 e. The minimum atomic E-state index is 0.0467. The Morgan fingerprint density at radius 1 is 1.18 bits per heavy atom. The molecule has 1 N–H and O–H groups in total. The van der Waals surface area contributed by atoms with Crippen LogP contribution in [-0.4, -0.2) is 24.7 Å². The molecule has 94 valence electrons. The van der Waals surface area contributed by atoms with Crippen molar-refractivity contribution in [2.75, 3.05) is 18.6 Å². The Kier molecular flexibility index (Phi) is 4.70. The van der Waals surface area contributed by atoms with E-state index in [2.05, 4.69) is 13.0 Å². The molecule has 0 saturated heterocycles. The van der Waals surface area contributed by atoms with Gasteiger partial charge in [-0.3, -0.25) is 4.79 Å². The maximum absolute atomic E-state index is 11.9. The van der Waals surface area contributed by atoms with Crippen molar-refractivity contribution in [2.45, 2.75) is 33.6 Å². The summed E-state index contributed by atoms with van der Waals surface area (Å²) in [6, 6.07) is 4.14. The van der Waals surface area contributed by atoms with E-state index in [0.29, 0.717) is 12.8 Å². The van der Waals surface area contributed by atoms with Crippen molar-refractivity contribution in [3.05, 3.63) is 28.8 Å². The van der Waals surface area contributed by atoms with Crippen molar-refractivity contribution in [3.63, 3.8) is 0 Å². The normalized spacial score (nSPS) is 10.4. The second kappa shape index (κ2) is 5.82. The molecular weight excluding hydrogens is 214 g/mol. The molecule has 0 atom stereocenters. The number of nitrogens with zero attached hydrogens (tertiary/aromatic N) is 1. The second-order valence-electron chi connectivity index (χ2n) is 4.50. The van der Waals surface area contributed by atoms with Crippen LogP contribution in [0, 0.1) is 20.8 Å². The Morgan fingerprint density at radius 2 is 1.76 bits per heavy atom. The van der Waals surface area contributed by atoms with E-state index in [9.17, 15) is 4.79 Å². The van der Waals surface area contributed by atoms with E-state index >= 15 is 0 Å². The molecule has 0 unspecified atom stereocenters. The van der Waals surface area contributed by atoms with Gasteiger partial charge in [0.05, 0.1) is 0 Å². The van der Waals surface area contributed by atoms with Crippen LogP contribution < -0.4 is 4.90 Å². The van der Waals surface area contributed by atoms with E-state index in [4.69, 9.17) is 5.11 Å². The summed E-state index contributed by atoms with van der Waals surface area (Å²) in [5.41, 5.74) is 4.49. The summed E-state index contributed by atoms with van der Waals surface area (Å²) in [5, 5.41) is 8.73. The highest BCUT2D eigenvalue weighted by molar-refractivity contribution is 5.93. The van der Waals surface area contributed by atoms with Crippen molar-refractivity contribution in [2.24, 2.45) is 0 Å². The average Bonchev–Trinajstić information content (AvgIpc) is 2.29. The fourth-order valence-corrected chi connectivity index (χ4v) is 1.84. The number of aliphatic hydroxyl groups excluding tert-OH is 1. The molecule has 0 aliphatic heterocycles. The SMILES string of the molecule is Cc1cc(C)c(N(C)C(=O)CCCO)cc1C. The van der Waals surface area contributed by atoms with Gasteiger partial charge >= 0.3 is 0 Å². The summed E-state index contributed by atoms with van der Waals surface area (Å²) in [6.07, 6.45) is 0.909. The Morgan fingerprint density at radius 3 is 2.35 bits per heavy atom. The third-order valence-electron chi connectivity index (χ3n) is 3.10. The molecule has 0 heterocycles. The molecule has 3 heteroatoms. The minimum absolute atomic E-state index is 0.0467. The summed E-state index contributed by atoms with van der Waals surface area (Å²) in [7, 11) is 1.79. The number of hydrogen-bond acceptors (Lipinski definition) is 2. The van der Waals surface area contributed by atoms with Crippen LogP contribution in [0.5, 0.6) is 0 Å². The van der Waals surface area contributed by atoms with E-state index < -0.39 is 0 Å². The zero-order chi connectivity index (χ0) is 13.0. The molecular formula is C14H21NO2. The van der Waals surface area contributed by atoms with Crippen LogP contribution in [0.4, 0.5) is 5.69 Å². The summed E-state index contributed by atoms with van der Waals surface area (Å²) in [5.74, 6) is 0.0467. The lowest BCUT2D eigenvalue weighted by molar-refractivity contribution is -0.118. The summed E-state index contributed by atoms with van der Waals surface area (Å²) >= 11 is 0. The molecule has 1 aromatic carbocycles. The first kappa shape index (κ1) is 13.7. The zero-order valence-electron chi connectivity index (χ0n) is 11.1. The highest BCUT2D eigenvalue weighted by atomic mass is 16.3. The number of rotatable bonds is 4. The van der Waals surface area contributed by atoms with E-state index in [-0.39, 0.29) is 12.5 Å². The molecule has 0 fully saturated rings. The van der Waals surface area contributed by atoms with Crippen molar-refractivity contribution >= 4 is 11.6 Å². The first-order chi connectivity index (χ1) is 7.97. The predicted molar refractivity (Wildman–Crippen MR) is 70.4 cm³/mol. The van der Waals surface area contributed by atoms with Crippen LogP contribution in [0.1, 0.15) is 29.5 Å². The van der Waals surface area contributed by atoms with E-state index in [1.165, 1.54) is 11.1 Å². The quantitative estimate of drug-likeness (QED) is 0.870. The molecule has 1 rings (SSSR count). The highest BCUT2D eigenvalue weighted by Crippen LogP contribution is 2.23. The van der Waals surface area contributed by atoms with E-state index in [0.717, 1.165) is 11.3 Å². The number of hydrogen-bond donors (Lipinski definition) is 1. The van der Waals surface area contributed by atoms with Crippen LogP contribution in [-0.2, 0) is 4.79 Å². The average molecular weight is 235 g/mol. The van der Waals surface area contributed by atoms with Gasteiger partial charge in [-0.05, 0) is 49.9 Å². The van der Waals surface area contributed by atoms with Gasteiger partial charge in [-0.25, -0.2) is 0 Å². The summed E-state index contributed by atoms with van der Waals surface area (Å²) in [4.78, 5) is 13.5. The van der Waals surface area contributed by atoms with Gasteiger partial charge in [0.2, 0.25) is 5.91 Å². The Hall–Kier alpha value is -1.35. The second-order valence-corrected chi connectivity index (χ2v) is 4.50. The highest BCUT2D eigenvalue weighted by Gasteiger charge is 2.13. The topological polar surface area (TPSA) is 40.5 Å². The minimum Gasteiger partial charge on any atom is -0.396 e. The number of aryl methyl sites for hydroxylation is 3. The maximum Gasteiger partial charge on any atom is 0.226 e. The van der Waals surface area contributed by atoms with Crippen LogP contribution >= 0.6 is 0 Å². The molecule has 0 aliphatic carbocycles. The third-order valence-corrected chi connectivity index (χ3v) is 3.10. The molecule has 0 bridgehead atoms.